The van der Waals surface area contributed by atoms with E-state index in [2.05, 4.69) is 37.5 Å². The van der Waals surface area contributed by atoms with E-state index >= 15 is 0 Å². The maximum absolute atomic E-state index is 5.04. The molecular weight excluding hydrogens is 242 g/mol. The van der Waals surface area contributed by atoms with Crippen LogP contribution in [-0.4, -0.2) is 19.9 Å². The lowest BCUT2D eigenvalue weighted by Gasteiger charge is -2.08. The van der Waals surface area contributed by atoms with Crippen molar-refractivity contribution in [3.63, 3.8) is 0 Å². The van der Waals surface area contributed by atoms with E-state index in [1.807, 2.05) is 6.92 Å². The SMILES string of the molecule is Cc1noc(CNCc2ccn(C3CCCC3)n2)n1. The second kappa shape index (κ2) is 5.52. The highest BCUT2D eigenvalue weighted by Gasteiger charge is 2.17. The number of nitrogens with one attached hydrogen (secondary N) is 1. The minimum absolute atomic E-state index is 0.580. The normalized spacial score (nSPS) is 16.3. The first kappa shape index (κ1) is 12.3. The van der Waals surface area contributed by atoms with E-state index in [0.717, 1.165) is 12.2 Å². The minimum atomic E-state index is 0.580. The summed E-state index contributed by atoms with van der Waals surface area (Å²) in [6.45, 7) is 3.12. The Bertz CT molecular complexity index is 527. The molecule has 0 unspecified atom stereocenters. The predicted molar refractivity (Wildman–Crippen MR) is 69.3 cm³/mol. The van der Waals surface area contributed by atoms with Crippen LogP contribution in [0.2, 0.25) is 0 Å². The van der Waals surface area contributed by atoms with E-state index in [-0.39, 0.29) is 0 Å². The second-order valence-corrected chi connectivity index (χ2v) is 5.06. The molecule has 0 aliphatic heterocycles. The Kier molecular flexibility index (Phi) is 3.59. The average molecular weight is 261 g/mol. The van der Waals surface area contributed by atoms with Crippen LogP contribution in [0.1, 0.15) is 49.1 Å². The lowest BCUT2D eigenvalue weighted by Crippen LogP contribution is -2.14. The standard InChI is InChI=1S/C13H19N5O/c1-10-15-13(19-17-10)9-14-8-11-6-7-18(16-11)12-4-2-3-5-12/h6-7,12,14H,2-5,8-9H2,1H3. The Morgan fingerprint density at radius 1 is 1.37 bits per heavy atom. The maximum Gasteiger partial charge on any atom is 0.240 e. The highest BCUT2D eigenvalue weighted by atomic mass is 16.5. The number of aromatic nitrogens is 4. The van der Waals surface area contributed by atoms with Crippen molar-refractivity contribution in [2.45, 2.75) is 51.7 Å². The van der Waals surface area contributed by atoms with Gasteiger partial charge in [0.15, 0.2) is 5.82 Å². The monoisotopic (exact) mass is 261 g/mol. The molecule has 102 valence electrons. The fourth-order valence-corrected chi connectivity index (χ4v) is 2.55. The van der Waals surface area contributed by atoms with Crippen molar-refractivity contribution in [1.29, 1.82) is 0 Å². The lowest BCUT2D eigenvalue weighted by molar-refractivity contribution is 0.363. The summed E-state index contributed by atoms with van der Waals surface area (Å²) in [4.78, 5) is 4.14. The molecule has 0 saturated heterocycles. The van der Waals surface area contributed by atoms with Crippen molar-refractivity contribution < 1.29 is 4.52 Å². The molecule has 2 aromatic rings. The van der Waals surface area contributed by atoms with E-state index in [1.165, 1.54) is 25.7 Å². The van der Waals surface area contributed by atoms with Gasteiger partial charge in [0.1, 0.15) is 0 Å². The maximum atomic E-state index is 5.04. The van der Waals surface area contributed by atoms with E-state index in [9.17, 15) is 0 Å². The molecule has 1 aliphatic carbocycles. The average Bonchev–Trinajstić information content (AvgIpc) is 3.09. The van der Waals surface area contributed by atoms with Crippen molar-refractivity contribution in [3.05, 3.63) is 29.7 Å². The predicted octanol–water partition coefficient (Wildman–Crippen LogP) is 1.98. The van der Waals surface area contributed by atoms with Crippen LogP contribution in [0.25, 0.3) is 0 Å². The van der Waals surface area contributed by atoms with Crippen molar-refractivity contribution in [1.82, 2.24) is 25.2 Å². The van der Waals surface area contributed by atoms with Gasteiger partial charge in [0, 0.05) is 12.7 Å². The highest BCUT2D eigenvalue weighted by molar-refractivity contribution is 5.00. The molecule has 1 fully saturated rings. The van der Waals surface area contributed by atoms with Gasteiger partial charge >= 0.3 is 0 Å². The lowest BCUT2D eigenvalue weighted by atomic mass is 10.3. The molecule has 6 heteroatoms. The summed E-state index contributed by atoms with van der Waals surface area (Å²) in [6.07, 6.45) is 7.26. The van der Waals surface area contributed by atoms with Gasteiger partial charge < -0.3 is 9.84 Å². The third-order valence-electron chi connectivity index (χ3n) is 3.51. The highest BCUT2D eigenvalue weighted by Crippen LogP contribution is 2.28. The number of hydrogen-bond acceptors (Lipinski definition) is 5. The zero-order valence-corrected chi connectivity index (χ0v) is 11.2. The van der Waals surface area contributed by atoms with Crippen molar-refractivity contribution in [2.24, 2.45) is 0 Å². The van der Waals surface area contributed by atoms with E-state index < -0.39 is 0 Å². The quantitative estimate of drug-likeness (QED) is 0.891. The van der Waals surface area contributed by atoms with Crippen LogP contribution in [-0.2, 0) is 13.1 Å². The fourth-order valence-electron chi connectivity index (χ4n) is 2.55. The van der Waals surface area contributed by atoms with Gasteiger partial charge in [0.2, 0.25) is 5.89 Å². The smallest absolute Gasteiger partial charge is 0.240 e. The van der Waals surface area contributed by atoms with Crippen LogP contribution in [0.5, 0.6) is 0 Å². The van der Waals surface area contributed by atoms with Crippen LogP contribution >= 0.6 is 0 Å². The van der Waals surface area contributed by atoms with E-state index in [0.29, 0.717) is 24.3 Å². The van der Waals surface area contributed by atoms with Gasteiger partial charge in [-0.05, 0) is 25.8 Å². The molecule has 0 atom stereocenters. The zero-order valence-electron chi connectivity index (χ0n) is 11.2. The summed E-state index contributed by atoms with van der Waals surface area (Å²) < 4.78 is 7.15. The zero-order chi connectivity index (χ0) is 13.1. The largest absolute Gasteiger partial charge is 0.338 e. The molecule has 1 N–H and O–H groups in total. The summed E-state index contributed by atoms with van der Waals surface area (Å²) in [5.74, 6) is 1.29. The van der Waals surface area contributed by atoms with Crippen molar-refractivity contribution in [3.8, 4) is 0 Å². The molecule has 0 spiro atoms. The first-order chi connectivity index (χ1) is 9.31. The van der Waals surface area contributed by atoms with Crippen LogP contribution in [0.4, 0.5) is 0 Å². The summed E-state index contributed by atoms with van der Waals surface area (Å²) in [5.41, 5.74) is 1.06. The third kappa shape index (κ3) is 3.01. The topological polar surface area (TPSA) is 68.8 Å². The Morgan fingerprint density at radius 2 is 2.21 bits per heavy atom. The van der Waals surface area contributed by atoms with Crippen molar-refractivity contribution in [2.75, 3.05) is 0 Å². The summed E-state index contributed by atoms with van der Waals surface area (Å²) in [5, 5.41) is 11.6. The third-order valence-corrected chi connectivity index (χ3v) is 3.51. The van der Waals surface area contributed by atoms with E-state index in [4.69, 9.17) is 4.52 Å². The summed E-state index contributed by atoms with van der Waals surface area (Å²) in [7, 11) is 0. The molecule has 3 rings (SSSR count). The Hall–Kier alpha value is -1.69. The molecule has 0 aromatic carbocycles. The molecule has 0 radical (unpaired) electrons. The molecule has 1 saturated carbocycles. The number of hydrogen-bond donors (Lipinski definition) is 1. The van der Waals surface area contributed by atoms with Gasteiger partial charge in [0.05, 0.1) is 18.3 Å². The van der Waals surface area contributed by atoms with Crippen LogP contribution in [0.15, 0.2) is 16.8 Å². The molecular formula is C13H19N5O. The Balaban J connectivity index is 1.50. The first-order valence-corrected chi connectivity index (χ1v) is 6.85. The molecule has 19 heavy (non-hydrogen) atoms. The van der Waals surface area contributed by atoms with Crippen LogP contribution in [0.3, 0.4) is 0 Å². The number of aryl methyl sites for hydroxylation is 1. The van der Waals surface area contributed by atoms with Gasteiger partial charge in [-0.3, -0.25) is 4.68 Å². The van der Waals surface area contributed by atoms with Crippen molar-refractivity contribution >= 4 is 0 Å². The molecule has 2 aromatic heterocycles. The second-order valence-electron chi connectivity index (χ2n) is 5.06. The van der Waals surface area contributed by atoms with Gasteiger partial charge in [-0.15, -0.1) is 0 Å². The van der Waals surface area contributed by atoms with Crippen LogP contribution < -0.4 is 5.32 Å². The van der Waals surface area contributed by atoms with Crippen LogP contribution in [0, 0.1) is 6.92 Å². The molecule has 0 bridgehead atoms. The number of rotatable bonds is 5. The summed E-state index contributed by atoms with van der Waals surface area (Å²) >= 11 is 0. The number of nitrogens with zero attached hydrogens (tertiary/aromatic N) is 4. The van der Waals surface area contributed by atoms with Gasteiger partial charge in [-0.2, -0.15) is 10.1 Å². The minimum Gasteiger partial charge on any atom is -0.338 e. The van der Waals surface area contributed by atoms with Gasteiger partial charge in [-0.1, -0.05) is 18.0 Å². The Morgan fingerprint density at radius 3 is 2.95 bits per heavy atom. The summed E-state index contributed by atoms with van der Waals surface area (Å²) in [6, 6.07) is 2.68. The fraction of sp³-hybridized carbons (Fsp3) is 0.615. The Labute approximate surface area is 112 Å². The molecule has 2 heterocycles. The molecule has 6 nitrogen and oxygen atoms in total. The van der Waals surface area contributed by atoms with E-state index in [1.54, 1.807) is 0 Å². The van der Waals surface area contributed by atoms with Gasteiger partial charge in [0.25, 0.3) is 0 Å². The molecule has 0 amide bonds. The first-order valence-electron chi connectivity index (χ1n) is 6.85. The van der Waals surface area contributed by atoms with Gasteiger partial charge in [-0.25, -0.2) is 0 Å². The molecule has 1 aliphatic rings.